The molecule has 2 atom stereocenters. The van der Waals surface area contributed by atoms with Crippen LogP contribution >= 0.6 is 0 Å². The normalized spacial score (nSPS) is 22.9. The van der Waals surface area contributed by atoms with E-state index in [1.807, 2.05) is 36.1 Å². The number of hydrogen-bond acceptors (Lipinski definition) is 8. The minimum atomic E-state index is -0.512. The summed E-state index contributed by atoms with van der Waals surface area (Å²) < 4.78 is 16.3. The molecule has 184 valence electrons. The Morgan fingerprint density at radius 3 is 2.56 bits per heavy atom. The molecule has 2 aromatic heterocycles. The van der Waals surface area contributed by atoms with Crippen LogP contribution in [0.15, 0.2) is 42.6 Å². The highest BCUT2D eigenvalue weighted by Crippen LogP contribution is 2.38. The first-order valence-electron chi connectivity index (χ1n) is 12.5. The quantitative estimate of drug-likeness (QED) is 0.407. The fourth-order valence-electron chi connectivity index (χ4n) is 6.03. The summed E-state index contributed by atoms with van der Waals surface area (Å²) in [7, 11) is 0. The molecule has 4 aromatic rings. The van der Waals surface area contributed by atoms with E-state index in [4.69, 9.17) is 15.7 Å². The van der Waals surface area contributed by atoms with Crippen molar-refractivity contribution in [3.63, 3.8) is 0 Å². The van der Waals surface area contributed by atoms with Gasteiger partial charge in [-0.3, -0.25) is 4.98 Å². The minimum absolute atomic E-state index is 0.0631. The number of rotatable bonds is 3. The fourth-order valence-corrected chi connectivity index (χ4v) is 6.03. The van der Waals surface area contributed by atoms with E-state index in [0.717, 1.165) is 42.5 Å². The van der Waals surface area contributed by atoms with Crippen molar-refractivity contribution in [2.45, 2.75) is 37.4 Å². The maximum Gasteiger partial charge on any atom is 0.228 e. The van der Waals surface area contributed by atoms with E-state index >= 15 is 4.39 Å². The predicted octanol–water partition coefficient (Wildman–Crippen LogP) is 3.17. The van der Waals surface area contributed by atoms with Gasteiger partial charge in [-0.05, 0) is 42.7 Å². The van der Waals surface area contributed by atoms with Crippen molar-refractivity contribution in [1.82, 2.24) is 20.3 Å². The molecule has 0 saturated carbocycles. The number of nitrogens with one attached hydrogen (secondary N) is 1. The highest BCUT2D eigenvalue weighted by Gasteiger charge is 2.38. The average Bonchev–Trinajstić information content (AvgIpc) is 3.19. The summed E-state index contributed by atoms with van der Waals surface area (Å²) in [6.07, 6.45) is 3.95. The molecule has 0 aliphatic carbocycles. The Labute approximate surface area is 208 Å². The van der Waals surface area contributed by atoms with Gasteiger partial charge in [0.25, 0.3) is 0 Å². The lowest BCUT2D eigenvalue weighted by atomic mass is 9.94. The molecule has 0 amide bonds. The van der Waals surface area contributed by atoms with Crippen LogP contribution in [0, 0.1) is 5.82 Å². The van der Waals surface area contributed by atoms with Gasteiger partial charge in [0, 0.05) is 55.6 Å². The number of hydrogen-bond donors (Lipinski definition) is 3. The van der Waals surface area contributed by atoms with Crippen LogP contribution in [-0.2, 0) is 0 Å². The lowest BCUT2D eigenvalue weighted by molar-refractivity contribution is 0.360. The molecule has 2 unspecified atom stereocenters. The number of aromatic hydroxyl groups is 1. The highest BCUT2D eigenvalue weighted by molar-refractivity contribution is 6.00. The van der Waals surface area contributed by atoms with E-state index in [2.05, 4.69) is 15.2 Å². The molecule has 3 saturated heterocycles. The van der Waals surface area contributed by atoms with Gasteiger partial charge in [0.2, 0.25) is 5.95 Å². The maximum atomic E-state index is 16.3. The first kappa shape index (κ1) is 21.7. The lowest BCUT2D eigenvalue weighted by Gasteiger charge is -2.45. The Kier molecular flexibility index (Phi) is 4.65. The van der Waals surface area contributed by atoms with Crippen molar-refractivity contribution in [3.05, 3.63) is 48.4 Å². The standard InChI is InChI=1S/C27H28FN7O/c1-27(29)13-35(14-27)26-32-24-21(25(33-26)34-11-16-6-7-17(12-34)31-16)10-30-23(22(24)28)20-9-18(36)8-15-4-2-3-5-19(15)20/h2-5,8-10,16-17,31,36H,6-7,11-14,29H2,1H3. The number of halogens is 1. The van der Waals surface area contributed by atoms with Crippen molar-refractivity contribution in [2.75, 3.05) is 36.0 Å². The van der Waals surface area contributed by atoms with Crippen LogP contribution in [0.2, 0.25) is 0 Å². The topological polar surface area (TPSA) is 103 Å². The zero-order valence-electron chi connectivity index (χ0n) is 20.1. The van der Waals surface area contributed by atoms with Crippen LogP contribution in [0.3, 0.4) is 0 Å². The molecule has 9 heteroatoms. The highest BCUT2D eigenvalue weighted by atomic mass is 19.1. The van der Waals surface area contributed by atoms with Gasteiger partial charge in [-0.15, -0.1) is 0 Å². The molecule has 4 N–H and O–H groups in total. The zero-order valence-corrected chi connectivity index (χ0v) is 20.1. The fraction of sp³-hybridized carbons (Fsp3) is 0.370. The molecule has 0 spiro atoms. The second-order valence-electron chi connectivity index (χ2n) is 10.8. The van der Waals surface area contributed by atoms with Gasteiger partial charge in [-0.2, -0.15) is 4.98 Å². The number of phenols is 1. The Morgan fingerprint density at radius 1 is 1.06 bits per heavy atom. The van der Waals surface area contributed by atoms with Gasteiger partial charge in [0.1, 0.15) is 22.8 Å². The molecule has 3 aliphatic rings. The third-order valence-electron chi connectivity index (χ3n) is 7.66. The van der Waals surface area contributed by atoms with Gasteiger partial charge >= 0.3 is 0 Å². The third kappa shape index (κ3) is 3.45. The molecule has 36 heavy (non-hydrogen) atoms. The molecule has 2 aromatic carbocycles. The Balaban J connectivity index is 1.42. The van der Waals surface area contributed by atoms with Crippen LogP contribution in [-0.4, -0.2) is 63.9 Å². The summed E-state index contributed by atoms with van der Waals surface area (Å²) in [6.45, 7) is 4.85. The summed E-state index contributed by atoms with van der Waals surface area (Å²) in [5.74, 6) is 0.760. The number of pyridine rings is 1. The molecule has 2 bridgehead atoms. The number of aromatic nitrogens is 3. The molecular formula is C27H28FN7O. The van der Waals surface area contributed by atoms with E-state index in [1.54, 1.807) is 18.3 Å². The van der Waals surface area contributed by atoms with Crippen molar-refractivity contribution in [2.24, 2.45) is 5.73 Å². The van der Waals surface area contributed by atoms with Crippen LogP contribution in [0.5, 0.6) is 5.75 Å². The molecular weight excluding hydrogens is 457 g/mol. The largest absolute Gasteiger partial charge is 0.508 e. The summed E-state index contributed by atoms with van der Waals surface area (Å²) in [4.78, 5) is 18.4. The van der Waals surface area contributed by atoms with Crippen molar-refractivity contribution in [1.29, 1.82) is 0 Å². The molecule has 7 rings (SSSR count). The Hall–Kier alpha value is -3.56. The number of anilines is 2. The van der Waals surface area contributed by atoms with E-state index in [9.17, 15) is 5.11 Å². The number of piperazine rings is 1. The zero-order chi connectivity index (χ0) is 24.6. The van der Waals surface area contributed by atoms with E-state index in [1.165, 1.54) is 0 Å². The van der Waals surface area contributed by atoms with E-state index in [-0.39, 0.29) is 22.5 Å². The molecule has 3 aliphatic heterocycles. The molecule has 3 fully saturated rings. The Morgan fingerprint density at radius 2 is 1.81 bits per heavy atom. The van der Waals surface area contributed by atoms with Gasteiger partial charge < -0.3 is 26.0 Å². The van der Waals surface area contributed by atoms with Crippen LogP contribution in [0.1, 0.15) is 19.8 Å². The first-order chi connectivity index (χ1) is 17.3. The maximum absolute atomic E-state index is 16.3. The molecule has 0 radical (unpaired) electrons. The van der Waals surface area contributed by atoms with Crippen LogP contribution in [0.25, 0.3) is 32.9 Å². The van der Waals surface area contributed by atoms with E-state index in [0.29, 0.717) is 42.1 Å². The smallest absolute Gasteiger partial charge is 0.228 e. The van der Waals surface area contributed by atoms with Crippen LogP contribution < -0.4 is 20.9 Å². The SMILES string of the molecule is CC1(N)CN(c2nc(N3CC4CCC(C3)N4)c3cnc(-c4cc(O)cc5ccccc45)c(F)c3n2)C1. The number of nitrogens with two attached hydrogens (primary N) is 1. The first-order valence-corrected chi connectivity index (χ1v) is 12.5. The van der Waals surface area contributed by atoms with Gasteiger partial charge in [0.15, 0.2) is 5.82 Å². The number of benzene rings is 2. The van der Waals surface area contributed by atoms with Gasteiger partial charge in [0.05, 0.1) is 5.39 Å². The molecule has 5 heterocycles. The van der Waals surface area contributed by atoms with Gasteiger partial charge in [-0.1, -0.05) is 24.3 Å². The summed E-state index contributed by atoms with van der Waals surface area (Å²) >= 11 is 0. The number of nitrogens with zero attached hydrogens (tertiary/aromatic N) is 5. The summed E-state index contributed by atoms with van der Waals surface area (Å²) in [5.41, 5.74) is 6.89. The van der Waals surface area contributed by atoms with Gasteiger partial charge in [-0.25, -0.2) is 9.37 Å². The third-order valence-corrected chi connectivity index (χ3v) is 7.66. The summed E-state index contributed by atoms with van der Waals surface area (Å²) in [6, 6.07) is 11.6. The summed E-state index contributed by atoms with van der Waals surface area (Å²) in [5, 5.41) is 16.2. The van der Waals surface area contributed by atoms with Crippen molar-refractivity contribution in [3.8, 4) is 17.0 Å². The lowest BCUT2D eigenvalue weighted by Crippen LogP contribution is -2.66. The average molecular weight is 486 g/mol. The van der Waals surface area contributed by atoms with Crippen molar-refractivity contribution < 1.29 is 9.50 Å². The Bertz CT molecular complexity index is 1500. The van der Waals surface area contributed by atoms with E-state index < -0.39 is 5.82 Å². The second-order valence-corrected chi connectivity index (χ2v) is 10.8. The minimum Gasteiger partial charge on any atom is -0.508 e. The molecule has 8 nitrogen and oxygen atoms in total. The number of phenolic OH excluding ortho intramolecular Hbond substituents is 1. The van der Waals surface area contributed by atoms with Crippen LogP contribution in [0.4, 0.5) is 16.2 Å². The predicted molar refractivity (Wildman–Crippen MR) is 139 cm³/mol. The second kappa shape index (κ2) is 7.72. The number of fused-ring (bicyclic) bond motifs is 4. The monoisotopic (exact) mass is 485 g/mol. The van der Waals surface area contributed by atoms with Crippen molar-refractivity contribution >= 4 is 33.4 Å².